The highest BCUT2D eigenvalue weighted by atomic mass is 15.2. The summed E-state index contributed by atoms with van der Waals surface area (Å²) >= 11 is 0. The van der Waals surface area contributed by atoms with Gasteiger partial charge in [0.05, 0.1) is 28.3 Å². The fourth-order valence-corrected chi connectivity index (χ4v) is 9.89. The molecule has 0 N–H and O–H groups in total. The number of hydrogen-bond donors (Lipinski definition) is 0. The van der Waals surface area contributed by atoms with Gasteiger partial charge in [0.25, 0.3) is 0 Å². The largest absolute Gasteiger partial charge is 0.333 e. The molecule has 0 radical (unpaired) electrons. The van der Waals surface area contributed by atoms with Crippen molar-refractivity contribution in [3.05, 3.63) is 216 Å². The minimum absolute atomic E-state index is 0.216. The summed E-state index contributed by atoms with van der Waals surface area (Å²) in [6.07, 6.45) is 9.44. The van der Waals surface area contributed by atoms with E-state index in [9.17, 15) is 0 Å². The van der Waals surface area contributed by atoms with E-state index >= 15 is 0 Å². The molecule has 2 unspecified atom stereocenters. The summed E-state index contributed by atoms with van der Waals surface area (Å²) in [5.41, 5.74) is 16.9. The Morgan fingerprint density at radius 1 is 0.534 bits per heavy atom. The van der Waals surface area contributed by atoms with E-state index in [1.807, 2.05) is 0 Å². The number of para-hydroxylation sites is 4. The van der Waals surface area contributed by atoms with Gasteiger partial charge in [-0.05, 0) is 100 Å². The lowest BCUT2D eigenvalue weighted by Gasteiger charge is -2.37. The van der Waals surface area contributed by atoms with Crippen molar-refractivity contribution in [1.29, 1.82) is 0 Å². The summed E-state index contributed by atoms with van der Waals surface area (Å²) in [6, 6.07) is 63.5. The van der Waals surface area contributed by atoms with Crippen LogP contribution in [0.15, 0.2) is 205 Å². The van der Waals surface area contributed by atoms with Crippen LogP contribution in [0.2, 0.25) is 0 Å². The summed E-state index contributed by atoms with van der Waals surface area (Å²) < 4.78 is 2.26. The van der Waals surface area contributed by atoms with Gasteiger partial charge in [0, 0.05) is 39.0 Å². The van der Waals surface area contributed by atoms with Gasteiger partial charge in [-0.2, -0.15) is 0 Å². The number of rotatable bonds is 5. The second-order valence-electron chi connectivity index (χ2n) is 15.6. The van der Waals surface area contributed by atoms with Crippen molar-refractivity contribution in [3.8, 4) is 28.3 Å². The fourth-order valence-electron chi connectivity index (χ4n) is 9.89. The Kier molecular flexibility index (Phi) is 7.45. The molecule has 0 saturated heterocycles. The monoisotopic (exact) mass is 742 g/mol. The van der Waals surface area contributed by atoms with Crippen LogP contribution in [0, 0.1) is 0 Å². The molecule has 58 heavy (non-hydrogen) atoms. The maximum atomic E-state index is 5.43. The third-order valence-corrected chi connectivity index (χ3v) is 12.4. The van der Waals surface area contributed by atoms with Crippen molar-refractivity contribution in [3.63, 3.8) is 0 Å². The lowest BCUT2D eigenvalue weighted by atomic mass is 9.74. The minimum Gasteiger partial charge on any atom is -0.333 e. The summed E-state index contributed by atoms with van der Waals surface area (Å²) in [6.45, 7) is 0. The normalized spacial score (nSPS) is 17.1. The molecule has 4 heteroatoms. The molecular weight excluding hydrogens is 705 g/mol. The van der Waals surface area contributed by atoms with Crippen LogP contribution in [0.5, 0.6) is 0 Å². The van der Waals surface area contributed by atoms with Crippen LogP contribution < -0.4 is 4.90 Å². The van der Waals surface area contributed by atoms with Crippen LogP contribution in [0.3, 0.4) is 0 Å². The predicted molar refractivity (Wildman–Crippen MR) is 240 cm³/mol. The lowest BCUT2D eigenvalue weighted by molar-refractivity contribution is 0.701. The third-order valence-electron chi connectivity index (χ3n) is 12.4. The Hall–Kier alpha value is -7.30. The molecule has 0 fully saturated rings. The van der Waals surface area contributed by atoms with Gasteiger partial charge in [0.1, 0.15) is 0 Å². The summed E-state index contributed by atoms with van der Waals surface area (Å²) in [5.74, 6) is 0.901. The third kappa shape index (κ3) is 5.08. The quantitative estimate of drug-likeness (QED) is 0.176. The van der Waals surface area contributed by atoms with Gasteiger partial charge in [0.15, 0.2) is 0 Å². The molecule has 3 aliphatic rings. The van der Waals surface area contributed by atoms with E-state index < -0.39 is 0 Å². The topological polar surface area (TPSA) is 34.0 Å². The fraction of sp³-hybridized carbons (Fsp3) is 0.0741. The average Bonchev–Trinajstić information content (AvgIpc) is 3.82. The van der Waals surface area contributed by atoms with E-state index in [0.717, 1.165) is 51.6 Å². The van der Waals surface area contributed by atoms with Crippen molar-refractivity contribution in [1.82, 2.24) is 14.5 Å². The van der Waals surface area contributed by atoms with Crippen molar-refractivity contribution in [2.45, 2.75) is 24.8 Å². The Balaban J connectivity index is 1.03. The van der Waals surface area contributed by atoms with Gasteiger partial charge < -0.3 is 4.90 Å². The first-order valence-electron chi connectivity index (χ1n) is 20.3. The zero-order valence-electron chi connectivity index (χ0n) is 31.8. The molecule has 0 saturated carbocycles. The van der Waals surface area contributed by atoms with Crippen molar-refractivity contribution < 1.29 is 0 Å². The molecule has 7 aromatic carbocycles. The molecule has 274 valence electrons. The standard InChI is InChI=1S/C54H38N4/c1-3-16-35(17-4-1)36-18-15-19-38(32-36)52-44-26-9-12-27-48(44)55-54(56-52)58-50-29-14-10-23-41(50)46-33-37(30-31-51(46)58)45-34-47-42-24-11-13-28-49(42)57(39-20-5-2-6-21-39)53(47)43-25-8-7-22-40(43)45/h1-6,8-21,23-34,47,53H,7,22H2. The minimum atomic E-state index is 0.216. The SMILES string of the molecule is C1=CC2=C(CC1)C(c1ccc3c(c1)c1ccccc1n3-c1nc(-c3cccc(-c4ccccc4)c3)c3ccccc3n1)=CC1c3ccccc3N(c3ccccc3)C21. The van der Waals surface area contributed by atoms with Gasteiger partial charge in [-0.15, -0.1) is 0 Å². The Morgan fingerprint density at radius 2 is 1.26 bits per heavy atom. The average molecular weight is 743 g/mol. The number of anilines is 2. The van der Waals surface area contributed by atoms with Gasteiger partial charge in [-0.1, -0.05) is 146 Å². The van der Waals surface area contributed by atoms with Crippen LogP contribution in [0.4, 0.5) is 11.4 Å². The van der Waals surface area contributed by atoms with E-state index in [4.69, 9.17) is 9.97 Å². The molecule has 1 aliphatic heterocycles. The predicted octanol–water partition coefficient (Wildman–Crippen LogP) is 13.4. The highest BCUT2D eigenvalue weighted by Crippen LogP contribution is 2.54. The summed E-state index contributed by atoms with van der Waals surface area (Å²) in [5, 5.41) is 3.43. The van der Waals surface area contributed by atoms with E-state index in [2.05, 4.69) is 204 Å². The lowest BCUT2D eigenvalue weighted by Crippen LogP contribution is -2.34. The molecule has 0 amide bonds. The molecule has 2 atom stereocenters. The van der Waals surface area contributed by atoms with Gasteiger partial charge in [0.2, 0.25) is 5.95 Å². The first kappa shape index (κ1) is 32.9. The Bertz CT molecular complexity index is 3190. The number of nitrogens with zero attached hydrogens (tertiary/aromatic N) is 4. The van der Waals surface area contributed by atoms with Gasteiger partial charge in [-0.25, -0.2) is 9.97 Å². The smallest absolute Gasteiger partial charge is 0.235 e. The van der Waals surface area contributed by atoms with E-state index in [0.29, 0.717) is 5.95 Å². The van der Waals surface area contributed by atoms with Crippen LogP contribution in [-0.2, 0) is 0 Å². The maximum Gasteiger partial charge on any atom is 0.235 e. The molecule has 12 rings (SSSR count). The number of allylic oxidation sites excluding steroid dienone is 3. The van der Waals surface area contributed by atoms with Gasteiger partial charge in [-0.3, -0.25) is 4.57 Å². The first-order valence-corrected chi connectivity index (χ1v) is 20.3. The highest BCUT2D eigenvalue weighted by molar-refractivity contribution is 6.10. The molecule has 4 nitrogen and oxygen atoms in total. The second-order valence-corrected chi connectivity index (χ2v) is 15.6. The molecule has 0 bridgehead atoms. The van der Waals surface area contributed by atoms with Crippen LogP contribution in [0.25, 0.3) is 66.6 Å². The number of fused-ring (bicyclic) bond motifs is 8. The number of aromatic nitrogens is 3. The van der Waals surface area contributed by atoms with Crippen molar-refractivity contribution >= 4 is 49.7 Å². The van der Waals surface area contributed by atoms with E-state index in [1.54, 1.807) is 0 Å². The molecule has 2 aliphatic carbocycles. The maximum absolute atomic E-state index is 5.43. The van der Waals surface area contributed by atoms with Crippen molar-refractivity contribution in [2.24, 2.45) is 0 Å². The van der Waals surface area contributed by atoms with Crippen LogP contribution in [0.1, 0.15) is 29.9 Å². The van der Waals surface area contributed by atoms with Crippen LogP contribution in [-0.4, -0.2) is 20.6 Å². The molecule has 0 spiro atoms. The molecule has 2 aromatic heterocycles. The zero-order chi connectivity index (χ0) is 38.2. The second kappa shape index (κ2) is 13.1. The summed E-state index contributed by atoms with van der Waals surface area (Å²) in [4.78, 5) is 13.3. The van der Waals surface area contributed by atoms with Crippen molar-refractivity contribution in [2.75, 3.05) is 4.90 Å². The number of hydrogen-bond acceptors (Lipinski definition) is 3. The van der Waals surface area contributed by atoms with E-state index in [-0.39, 0.29) is 12.0 Å². The summed E-state index contributed by atoms with van der Waals surface area (Å²) in [7, 11) is 0. The highest BCUT2D eigenvalue weighted by Gasteiger charge is 2.43. The Labute approximate surface area is 337 Å². The van der Waals surface area contributed by atoms with Crippen LogP contribution >= 0.6 is 0 Å². The zero-order valence-corrected chi connectivity index (χ0v) is 31.8. The molecule has 9 aromatic rings. The van der Waals surface area contributed by atoms with Gasteiger partial charge >= 0.3 is 0 Å². The van der Waals surface area contributed by atoms with E-state index in [1.165, 1.54) is 55.6 Å². The first-order chi connectivity index (χ1) is 28.8. The number of benzene rings is 7. The Morgan fingerprint density at radius 3 is 2.16 bits per heavy atom. The molecular formula is C54H38N4. The molecule has 3 heterocycles.